The molecule has 0 bridgehead atoms. The zero-order valence-corrected chi connectivity index (χ0v) is 14.7. The van der Waals surface area contributed by atoms with E-state index in [1.807, 2.05) is 18.4 Å². The molecule has 0 unspecified atom stereocenters. The minimum Gasteiger partial charge on any atom is -0.375 e. The highest BCUT2D eigenvalue weighted by Gasteiger charge is 2.18. The predicted molar refractivity (Wildman–Crippen MR) is 96.0 cm³/mol. The van der Waals surface area contributed by atoms with Crippen LogP contribution in [0.3, 0.4) is 0 Å². The minimum atomic E-state index is -0.783. The Morgan fingerprint density at radius 3 is 2.60 bits per heavy atom. The molecular weight excluding hydrogens is 343 g/mol. The molecule has 7 heteroatoms. The first kappa shape index (κ1) is 19.0. The molecule has 0 fully saturated rings. The monoisotopic (exact) mass is 362 g/mol. The molecule has 0 saturated carbocycles. The second-order valence-electron chi connectivity index (χ2n) is 5.14. The number of halogens is 1. The number of carbonyl (C=O) groups is 2. The molecule has 0 spiro atoms. The van der Waals surface area contributed by atoms with Gasteiger partial charge in [0.1, 0.15) is 5.82 Å². The first-order chi connectivity index (χ1) is 12.0. The molecule has 0 aliphatic carbocycles. The van der Waals surface area contributed by atoms with Crippen molar-refractivity contribution in [3.8, 4) is 0 Å². The number of para-hydroxylation sites is 1. The second kappa shape index (κ2) is 9.19. The number of nitrogens with one attached hydrogen (secondary N) is 2. The van der Waals surface area contributed by atoms with Crippen LogP contribution in [0.15, 0.2) is 53.4 Å². The largest absolute Gasteiger partial charge is 0.375 e. The standard InChI is InChI=1S/C18H19FN2O3S/c1-24-15(12-6-5-7-13(19)10-12)11-20-17(22)18(23)21-14-8-3-4-9-16(14)25-2/h3-10,15H,11H2,1-2H3,(H,20,22)(H,21,23)/t15-/m0/s1. The van der Waals surface area contributed by atoms with Crippen molar-refractivity contribution in [3.05, 3.63) is 59.9 Å². The molecule has 0 aliphatic rings. The van der Waals surface area contributed by atoms with Crippen LogP contribution in [-0.2, 0) is 14.3 Å². The summed E-state index contributed by atoms with van der Waals surface area (Å²) in [7, 11) is 1.45. The van der Waals surface area contributed by atoms with Crippen LogP contribution >= 0.6 is 11.8 Å². The van der Waals surface area contributed by atoms with Crippen LogP contribution in [0.2, 0.25) is 0 Å². The van der Waals surface area contributed by atoms with E-state index in [1.165, 1.54) is 31.0 Å². The topological polar surface area (TPSA) is 67.4 Å². The lowest BCUT2D eigenvalue weighted by Crippen LogP contribution is -2.38. The maximum Gasteiger partial charge on any atom is 0.313 e. The summed E-state index contributed by atoms with van der Waals surface area (Å²) in [5.74, 6) is -1.94. The Morgan fingerprint density at radius 2 is 1.92 bits per heavy atom. The van der Waals surface area contributed by atoms with Crippen molar-refractivity contribution in [1.82, 2.24) is 5.32 Å². The highest BCUT2D eigenvalue weighted by Crippen LogP contribution is 2.24. The second-order valence-corrected chi connectivity index (χ2v) is 5.99. The van der Waals surface area contributed by atoms with Crippen LogP contribution in [0.5, 0.6) is 0 Å². The van der Waals surface area contributed by atoms with E-state index < -0.39 is 23.7 Å². The number of carbonyl (C=O) groups excluding carboxylic acids is 2. The molecule has 25 heavy (non-hydrogen) atoms. The van der Waals surface area contributed by atoms with Crippen molar-refractivity contribution in [2.24, 2.45) is 0 Å². The summed E-state index contributed by atoms with van der Waals surface area (Å²) >= 11 is 1.47. The van der Waals surface area contributed by atoms with E-state index in [-0.39, 0.29) is 6.54 Å². The Labute approximate surface area is 150 Å². The van der Waals surface area contributed by atoms with Gasteiger partial charge in [0.15, 0.2) is 0 Å². The first-order valence-corrected chi connectivity index (χ1v) is 8.78. The number of anilines is 1. The molecule has 0 saturated heterocycles. The van der Waals surface area contributed by atoms with Gasteiger partial charge in [0, 0.05) is 18.6 Å². The maximum atomic E-state index is 13.3. The summed E-state index contributed by atoms with van der Waals surface area (Å²) in [6.07, 6.45) is 1.33. The Morgan fingerprint density at radius 1 is 1.16 bits per heavy atom. The lowest BCUT2D eigenvalue weighted by Gasteiger charge is -2.16. The zero-order valence-electron chi connectivity index (χ0n) is 13.9. The summed E-state index contributed by atoms with van der Waals surface area (Å²) in [6.45, 7) is 0.0520. The molecule has 0 radical (unpaired) electrons. The number of ether oxygens (including phenoxy) is 1. The average Bonchev–Trinajstić information content (AvgIpc) is 2.62. The van der Waals surface area contributed by atoms with Crippen molar-refractivity contribution < 1.29 is 18.7 Å². The fourth-order valence-corrected chi connectivity index (χ4v) is 2.79. The minimum absolute atomic E-state index is 0.0520. The molecule has 2 rings (SSSR count). The van der Waals surface area contributed by atoms with Gasteiger partial charge in [-0.1, -0.05) is 24.3 Å². The quantitative estimate of drug-likeness (QED) is 0.612. The van der Waals surface area contributed by atoms with Crippen molar-refractivity contribution in [3.63, 3.8) is 0 Å². The molecule has 0 heterocycles. The molecule has 0 aliphatic heterocycles. The molecule has 2 N–H and O–H groups in total. The van der Waals surface area contributed by atoms with E-state index in [9.17, 15) is 14.0 Å². The van der Waals surface area contributed by atoms with Crippen LogP contribution in [0.25, 0.3) is 0 Å². The van der Waals surface area contributed by atoms with Gasteiger partial charge in [-0.05, 0) is 36.1 Å². The number of rotatable bonds is 6. The number of thioether (sulfide) groups is 1. The first-order valence-electron chi connectivity index (χ1n) is 7.55. The highest BCUT2D eigenvalue weighted by molar-refractivity contribution is 7.98. The van der Waals surface area contributed by atoms with Gasteiger partial charge in [0.25, 0.3) is 0 Å². The molecule has 5 nitrogen and oxygen atoms in total. The number of methoxy groups -OCH3 is 1. The summed E-state index contributed by atoms with van der Waals surface area (Å²) in [5.41, 5.74) is 1.15. The fourth-order valence-electron chi connectivity index (χ4n) is 2.24. The van der Waals surface area contributed by atoms with E-state index in [0.29, 0.717) is 11.3 Å². The smallest absolute Gasteiger partial charge is 0.313 e. The third-order valence-electron chi connectivity index (χ3n) is 3.51. The van der Waals surface area contributed by atoms with E-state index >= 15 is 0 Å². The van der Waals surface area contributed by atoms with Gasteiger partial charge in [0.05, 0.1) is 11.8 Å². The van der Waals surface area contributed by atoms with Crippen molar-refractivity contribution in [1.29, 1.82) is 0 Å². The average molecular weight is 362 g/mol. The normalized spacial score (nSPS) is 11.6. The van der Waals surface area contributed by atoms with Crippen molar-refractivity contribution in [2.75, 3.05) is 25.2 Å². The van der Waals surface area contributed by atoms with E-state index in [0.717, 1.165) is 4.90 Å². The fraction of sp³-hybridized carbons (Fsp3) is 0.222. The van der Waals surface area contributed by atoms with E-state index in [1.54, 1.807) is 24.3 Å². The third-order valence-corrected chi connectivity index (χ3v) is 4.31. The van der Waals surface area contributed by atoms with Gasteiger partial charge < -0.3 is 15.4 Å². The Kier molecular flexibility index (Phi) is 6.97. The molecular formula is C18H19FN2O3S. The molecule has 0 aromatic heterocycles. The molecule has 1 atom stereocenters. The van der Waals surface area contributed by atoms with Crippen LogP contribution in [0.1, 0.15) is 11.7 Å². The molecule has 2 amide bonds. The van der Waals surface area contributed by atoms with Gasteiger partial charge in [-0.15, -0.1) is 11.8 Å². The Balaban J connectivity index is 1.95. The van der Waals surface area contributed by atoms with Gasteiger partial charge in [0.2, 0.25) is 0 Å². The van der Waals surface area contributed by atoms with Crippen LogP contribution in [-0.4, -0.2) is 31.7 Å². The lowest BCUT2D eigenvalue weighted by molar-refractivity contribution is -0.136. The number of benzene rings is 2. The van der Waals surface area contributed by atoms with Crippen molar-refractivity contribution in [2.45, 2.75) is 11.0 Å². The van der Waals surface area contributed by atoms with E-state index in [2.05, 4.69) is 10.6 Å². The number of hydrogen-bond acceptors (Lipinski definition) is 4. The Hall–Kier alpha value is -2.38. The van der Waals surface area contributed by atoms with Gasteiger partial charge in [-0.3, -0.25) is 9.59 Å². The molecule has 2 aromatic rings. The summed E-state index contributed by atoms with van der Waals surface area (Å²) in [6, 6.07) is 13.1. The van der Waals surface area contributed by atoms with E-state index in [4.69, 9.17) is 4.74 Å². The summed E-state index contributed by atoms with van der Waals surface area (Å²) < 4.78 is 18.6. The highest BCUT2D eigenvalue weighted by atomic mass is 32.2. The SMILES string of the molecule is CO[C@@H](CNC(=O)C(=O)Nc1ccccc1SC)c1cccc(F)c1. The van der Waals surface area contributed by atoms with Crippen LogP contribution in [0.4, 0.5) is 10.1 Å². The summed E-state index contributed by atoms with van der Waals surface area (Å²) in [5, 5.41) is 5.08. The van der Waals surface area contributed by atoms with Gasteiger partial charge in [-0.2, -0.15) is 0 Å². The predicted octanol–water partition coefficient (Wildman–Crippen LogP) is 2.99. The summed E-state index contributed by atoms with van der Waals surface area (Å²) in [4.78, 5) is 24.9. The third kappa shape index (κ3) is 5.30. The number of amides is 2. The van der Waals surface area contributed by atoms with Gasteiger partial charge in [-0.25, -0.2) is 4.39 Å². The lowest BCUT2D eigenvalue weighted by atomic mass is 10.1. The Bertz CT molecular complexity index is 755. The number of hydrogen-bond donors (Lipinski definition) is 2. The zero-order chi connectivity index (χ0) is 18.2. The molecule has 132 valence electrons. The van der Waals surface area contributed by atoms with Crippen LogP contribution in [0, 0.1) is 5.82 Å². The van der Waals surface area contributed by atoms with Crippen molar-refractivity contribution >= 4 is 29.3 Å². The maximum absolute atomic E-state index is 13.3. The van der Waals surface area contributed by atoms with Gasteiger partial charge >= 0.3 is 11.8 Å². The van der Waals surface area contributed by atoms with Crippen LogP contribution < -0.4 is 10.6 Å². The molecule has 2 aromatic carbocycles.